The van der Waals surface area contributed by atoms with Crippen molar-refractivity contribution in [1.29, 1.82) is 0 Å². The number of carbonyl (C=O) groups is 1. The first kappa shape index (κ1) is 16.8. The van der Waals surface area contributed by atoms with E-state index in [4.69, 9.17) is 4.74 Å². The van der Waals surface area contributed by atoms with Crippen molar-refractivity contribution < 1.29 is 9.53 Å². The molecule has 0 saturated carbocycles. The summed E-state index contributed by atoms with van der Waals surface area (Å²) in [6, 6.07) is 4.26. The molecule has 2 rings (SSSR count). The molecule has 0 aromatic heterocycles. The average Bonchev–Trinajstić information content (AvgIpc) is 2.78. The van der Waals surface area contributed by atoms with Crippen LogP contribution in [0.3, 0.4) is 0 Å². The third-order valence-corrected chi connectivity index (χ3v) is 4.23. The van der Waals surface area contributed by atoms with Gasteiger partial charge in [-0.2, -0.15) is 0 Å². The first-order valence-corrected chi connectivity index (χ1v) is 8.33. The van der Waals surface area contributed by atoms with Gasteiger partial charge < -0.3 is 15.0 Å². The Bertz CT molecular complexity index is 506. The molecule has 1 aromatic carbocycles. The van der Waals surface area contributed by atoms with E-state index in [1.54, 1.807) is 0 Å². The Labute approximate surface area is 133 Å². The molecule has 4 heteroatoms. The van der Waals surface area contributed by atoms with Crippen molar-refractivity contribution in [2.75, 3.05) is 32.8 Å². The second kappa shape index (κ2) is 8.18. The quantitative estimate of drug-likeness (QED) is 0.908. The molecule has 122 valence electrons. The Hall–Kier alpha value is -1.55. The highest BCUT2D eigenvalue weighted by Crippen LogP contribution is 2.24. The van der Waals surface area contributed by atoms with E-state index in [0.717, 1.165) is 50.3 Å². The molecule has 0 radical (unpaired) electrons. The minimum absolute atomic E-state index is 0.273. The van der Waals surface area contributed by atoms with Crippen molar-refractivity contribution >= 4 is 5.91 Å². The first-order valence-electron chi connectivity index (χ1n) is 8.33. The van der Waals surface area contributed by atoms with Gasteiger partial charge in [-0.15, -0.1) is 0 Å². The second-order valence-electron chi connectivity index (χ2n) is 5.96. The van der Waals surface area contributed by atoms with E-state index in [9.17, 15) is 4.79 Å². The molecule has 0 spiro atoms. The van der Waals surface area contributed by atoms with E-state index >= 15 is 0 Å². The summed E-state index contributed by atoms with van der Waals surface area (Å²) < 4.78 is 5.63. The van der Waals surface area contributed by atoms with Crippen molar-refractivity contribution in [2.45, 2.75) is 40.0 Å². The SMILES string of the molecule is CCOc1cc(C)c(CCC(=O)N2CCCNCC2)cc1C. The Morgan fingerprint density at radius 2 is 2.05 bits per heavy atom. The molecular weight excluding hydrogens is 276 g/mol. The zero-order valence-electron chi connectivity index (χ0n) is 14.1. The third kappa shape index (κ3) is 4.47. The van der Waals surface area contributed by atoms with Gasteiger partial charge in [-0.1, -0.05) is 6.07 Å². The molecular formula is C18H28N2O2. The molecule has 0 atom stereocenters. The van der Waals surface area contributed by atoms with Gasteiger partial charge in [-0.05, 0) is 62.9 Å². The lowest BCUT2D eigenvalue weighted by Gasteiger charge is -2.20. The molecule has 1 N–H and O–H groups in total. The second-order valence-corrected chi connectivity index (χ2v) is 5.96. The number of aryl methyl sites for hydroxylation is 3. The standard InChI is InChI=1S/C18H28N2O2/c1-4-22-17-13-14(2)16(12-15(17)3)6-7-18(21)20-10-5-8-19-9-11-20/h12-13,19H,4-11H2,1-3H3. The Morgan fingerprint density at radius 1 is 1.23 bits per heavy atom. The van der Waals surface area contributed by atoms with Crippen molar-refractivity contribution in [3.63, 3.8) is 0 Å². The van der Waals surface area contributed by atoms with Crippen LogP contribution in [0.25, 0.3) is 0 Å². The molecule has 1 fully saturated rings. The normalized spacial score (nSPS) is 15.5. The summed E-state index contributed by atoms with van der Waals surface area (Å²) in [6.07, 6.45) is 2.45. The van der Waals surface area contributed by atoms with Crippen molar-refractivity contribution in [3.8, 4) is 5.75 Å². The summed E-state index contributed by atoms with van der Waals surface area (Å²) in [7, 11) is 0. The summed E-state index contributed by atoms with van der Waals surface area (Å²) in [6.45, 7) is 10.5. The van der Waals surface area contributed by atoms with Crippen LogP contribution in [0.1, 0.15) is 36.5 Å². The van der Waals surface area contributed by atoms with Crippen LogP contribution in [0.2, 0.25) is 0 Å². The van der Waals surface area contributed by atoms with Gasteiger partial charge in [-0.3, -0.25) is 4.79 Å². The van der Waals surface area contributed by atoms with Crippen LogP contribution >= 0.6 is 0 Å². The van der Waals surface area contributed by atoms with Crippen LogP contribution in [-0.2, 0) is 11.2 Å². The van der Waals surface area contributed by atoms with Crippen LogP contribution in [0.15, 0.2) is 12.1 Å². The third-order valence-electron chi connectivity index (χ3n) is 4.23. The molecule has 0 bridgehead atoms. The van der Waals surface area contributed by atoms with Crippen LogP contribution < -0.4 is 10.1 Å². The van der Waals surface area contributed by atoms with E-state index in [-0.39, 0.29) is 5.91 Å². The van der Waals surface area contributed by atoms with Crippen molar-refractivity contribution in [3.05, 3.63) is 28.8 Å². The van der Waals surface area contributed by atoms with Crippen LogP contribution in [0, 0.1) is 13.8 Å². The largest absolute Gasteiger partial charge is 0.494 e. The van der Waals surface area contributed by atoms with Crippen LogP contribution in [0.4, 0.5) is 0 Å². The fourth-order valence-electron chi connectivity index (χ4n) is 2.92. The molecule has 1 saturated heterocycles. The fraction of sp³-hybridized carbons (Fsp3) is 0.611. The number of nitrogens with one attached hydrogen (secondary N) is 1. The molecule has 1 heterocycles. The topological polar surface area (TPSA) is 41.6 Å². The zero-order valence-corrected chi connectivity index (χ0v) is 14.1. The summed E-state index contributed by atoms with van der Waals surface area (Å²) in [5, 5.41) is 3.33. The van der Waals surface area contributed by atoms with Gasteiger partial charge in [0.1, 0.15) is 5.75 Å². The Kier molecular flexibility index (Phi) is 6.25. The Balaban J connectivity index is 1.95. The van der Waals surface area contributed by atoms with Crippen molar-refractivity contribution in [1.82, 2.24) is 10.2 Å². The molecule has 1 aliphatic heterocycles. The predicted molar refractivity (Wildman–Crippen MR) is 89.5 cm³/mol. The molecule has 4 nitrogen and oxygen atoms in total. The number of nitrogens with zero attached hydrogens (tertiary/aromatic N) is 1. The smallest absolute Gasteiger partial charge is 0.222 e. The van der Waals surface area contributed by atoms with E-state index in [2.05, 4.69) is 31.3 Å². The number of hydrogen-bond donors (Lipinski definition) is 1. The molecule has 22 heavy (non-hydrogen) atoms. The van der Waals surface area contributed by atoms with Gasteiger partial charge in [0.25, 0.3) is 0 Å². The Morgan fingerprint density at radius 3 is 2.82 bits per heavy atom. The van der Waals surface area contributed by atoms with E-state index < -0.39 is 0 Å². The number of ether oxygens (including phenoxy) is 1. The van der Waals surface area contributed by atoms with Gasteiger partial charge in [0.05, 0.1) is 6.61 Å². The lowest BCUT2D eigenvalue weighted by molar-refractivity contribution is -0.130. The summed E-state index contributed by atoms with van der Waals surface area (Å²) in [5.74, 6) is 1.23. The van der Waals surface area contributed by atoms with Gasteiger partial charge in [-0.25, -0.2) is 0 Å². The minimum atomic E-state index is 0.273. The van der Waals surface area contributed by atoms with E-state index in [1.165, 1.54) is 11.1 Å². The lowest BCUT2D eigenvalue weighted by atomic mass is 10.00. The summed E-state index contributed by atoms with van der Waals surface area (Å²) in [5.41, 5.74) is 3.61. The van der Waals surface area contributed by atoms with Crippen molar-refractivity contribution in [2.24, 2.45) is 0 Å². The number of hydrogen-bond acceptors (Lipinski definition) is 3. The number of amides is 1. The van der Waals surface area contributed by atoms with E-state index in [0.29, 0.717) is 13.0 Å². The number of rotatable bonds is 5. The maximum Gasteiger partial charge on any atom is 0.222 e. The van der Waals surface area contributed by atoms with Gasteiger partial charge in [0.2, 0.25) is 5.91 Å². The highest BCUT2D eigenvalue weighted by molar-refractivity contribution is 5.76. The maximum absolute atomic E-state index is 12.4. The highest BCUT2D eigenvalue weighted by Gasteiger charge is 2.15. The van der Waals surface area contributed by atoms with E-state index in [1.807, 2.05) is 11.8 Å². The van der Waals surface area contributed by atoms with Crippen LogP contribution in [0.5, 0.6) is 5.75 Å². The fourth-order valence-corrected chi connectivity index (χ4v) is 2.92. The monoisotopic (exact) mass is 304 g/mol. The number of benzene rings is 1. The van der Waals surface area contributed by atoms with Gasteiger partial charge in [0.15, 0.2) is 0 Å². The molecule has 1 aliphatic rings. The summed E-state index contributed by atoms with van der Waals surface area (Å²) in [4.78, 5) is 14.4. The molecule has 1 aromatic rings. The minimum Gasteiger partial charge on any atom is -0.494 e. The number of carbonyl (C=O) groups excluding carboxylic acids is 1. The predicted octanol–water partition coefficient (Wildman–Crippen LogP) is 2.46. The molecule has 0 aliphatic carbocycles. The first-order chi connectivity index (χ1) is 10.6. The lowest BCUT2D eigenvalue weighted by Crippen LogP contribution is -2.34. The highest BCUT2D eigenvalue weighted by atomic mass is 16.5. The maximum atomic E-state index is 12.4. The van der Waals surface area contributed by atoms with Crippen LogP contribution in [-0.4, -0.2) is 43.6 Å². The zero-order chi connectivity index (χ0) is 15.9. The average molecular weight is 304 g/mol. The molecule has 1 amide bonds. The van der Waals surface area contributed by atoms with Gasteiger partial charge >= 0.3 is 0 Å². The molecule has 0 unspecified atom stereocenters. The summed E-state index contributed by atoms with van der Waals surface area (Å²) >= 11 is 0. The van der Waals surface area contributed by atoms with Gasteiger partial charge in [0, 0.05) is 26.1 Å².